The number of ether oxygens (including phenoxy) is 1. The molecule has 0 spiro atoms. The highest BCUT2D eigenvalue weighted by Gasteiger charge is 2.31. The van der Waals surface area contributed by atoms with Crippen molar-refractivity contribution in [1.82, 2.24) is 0 Å². The lowest BCUT2D eigenvalue weighted by molar-refractivity contribution is -0.140. The molecule has 0 saturated carbocycles. The van der Waals surface area contributed by atoms with Gasteiger partial charge in [-0.1, -0.05) is 41.0 Å². The molecular formula is C13H26O2. The summed E-state index contributed by atoms with van der Waals surface area (Å²) >= 11 is 0. The van der Waals surface area contributed by atoms with Crippen LogP contribution in [0.15, 0.2) is 0 Å². The second-order valence-corrected chi connectivity index (χ2v) is 5.92. The van der Waals surface area contributed by atoms with Gasteiger partial charge in [-0.15, -0.1) is 0 Å². The van der Waals surface area contributed by atoms with Crippen LogP contribution in [0.25, 0.3) is 0 Å². The second-order valence-electron chi connectivity index (χ2n) is 5.92. The Bertz CT molecular complexity index is 199. The van der Waals surface area contributed by atoms with Crippen LogP contribution >= 0.6 is 0 Å². The number of carbonyl (C=O) groups is 1. The summed E-state index contributed by atoms with van der Waals surface area (Å²) in [5.74, 6) is -0.0939. The lowest BCUT2D eigenvalue weighted by Crippen LogP contribution is -2.29. The fourth-order valence-electron chi connectivity index (χ4n) is 1.31. The fraction of sp³-hybridized carbons (Fsp3) is 0.923. The zero-order chi connectivity index (χ0) is 12.1. The topological polar surface area (TPSA) is 26.3 Å². The zero-order valence-electron chi connectivity index (χ0n) is 11.1. The van der Waals surface area contributed by atoms with Crippen LogP contribution in [0, 0.1) is 10.8 Å². The SMILES string of the molecule is COC(=O)CCCCC(C)(C)C(C)(C)C. The van der Waals surface area contributed by atoms with Gasteiger partial charge in [-0.3, -0.25) is 4.79 Å². The average molecular weight is 214 g/mol. The monoisotopic (exact) mass is 214 g/mol. The van der Waals surface area contributed by atoms with Crippen LogP contribution < -0.4 is 0 Å². The summed E-state index contributed by atoms with van der Waals surface area (Å²) in [5, 5.41) is 0. The Labute approximate surface area is 94.4 Å². The van der Waals surface area contributed by atoms with E-state index < -0.39 is 0 Å². The molecule has 0 rings (SSSR count). The Hall–Kier alpha value is -0.530. The standard InChI is InChI=1S/C13H26O2/c1-12(2,3)13(4,5)10-8-7-9-11(14)15-6/h7-10H2,1-6H3. The van der Waals surface area contributed by atoms with Crippen LogP contribution in [0.5, 0.6) is 0 Å². The highest BCUT2D eigenvalue weighted by molar-refractivity contribution is 5.68. The minimum atomic E-state index is -0.0939. The molecule has 0 aromatic heterocycles. The molecule has 0 aliphatic heterocycles. The molecule has 0 atom stereocenters. The molecule has 0 heterocycles. The molecule has 2 heteroatoms. The molecule has 0 fully saturated rings. The molecular weight excluding hydrogens is 188 g/mol. The Balaban J connectivity index is 3.82. The molecule has 0 aliphatic rings. The van der Waals surface area contributed by atoms with Crippen molar-refractivity contribution >= 4 is 5.97 Å². The van der Waals surface area contributed by atoms with Crippen LogP contribution in [0.4, 0.5) is 0 Å². The average Bonchev–Trinajstić information content (AvgIpc) is 2.10. The Morgan fingerprint density at radius 1 is 1.07 bits per heavy atom. The summed E-state index contributed by atoms with van der Waals surface area (Å²) in [7, 11) is 1.45. The van der Waals surface area contributed by atoms with Crippen molar-refractivity contribution in [3.63, 3.8) is 0 Å². The third kappa shape index (κ3) is 5.19. The zero-order valence-corrected chi connectivity index (χ0v) is 11.1. The molecule has 0 unspecified atom stereocenters. The van der Waals surface area contributed by atoms with Crippen LogP contribution in [0.3, 0.4) is 0 Å². The van der Waals surface area contributed by atoms with Crippen LogP contribution in [0.2, 0.25) is 0 Å². The number of esters is 1. The maximum atomic E-state index is 10.9. The first kappa shape index (κ1) is 14.5. The molecule has 90 valence electrons. The van der Waals surface area contributed by atoms with Crippen molar-refractivity contribution in [2.75, 3.05) is 7.11 Å². The summed E-state index contributed by atoms with van der Waals surface area (Å²) in [6.07, 6.45) is 3.75. The van der Waals surface area contributed by atoms with Crippen molar-refractivity contribution in [3.8, 4) is 0 Å². The number of methoxy groups -OCH3 is 1. The third-order valence-electron chi connectivity index (χ3n) is 3.69. The minimum absolute atomic E-state index is 0.0939. The van der Waals surface area contributed by atoms with E-state index in [1.165, 1.54) is 7.11 Å². The van der Waals surface area contributed by atoms with Crippen LogP contribution in [-0.2, 0) is 9.53 Å². The quantitative estimate of drug-likeness (QED) is 0.514. The first-order valence-electron chi connectivity index (χ1n) is 5.77. The van der Waals surface area contributed by atoms with Crippen molar-refractivity contribution in [1.29, 1.82) is 0 Å². The van der Waals surface area contributed by atoms with Gasteiger partial charge in [0.1, 0.15) is 0 Å². The number of carbonyl (C=O) groups excluding carboxylic acids is 1. The highest BCUT2D eigenvalue weighted by atomic mass is 16.5. The molecule has 0 amide bonds. The van der Waals surface area contributed by atoms with Crippen molar-refractivity contribution in [3.05, 3.63) is 0 Å². The summed E-state index contributed by atoms with van der Waals surface area (Å²) in [4.78, 5) is 10.9. The molecule has 15 heavy (non-hydrogen) atoms. The first-order valence-corrected chi connectivity index (χ1v) is 5.77. The largest absolute Gasteiger partial charge is 0.469 e. The van der Waals surface area contributed by atoms with E-state index in [4.69, 9.17) is 0 Å². The van der Waals surface area contributed by atoms with Gasteiger partial charge in [0.25, 0.3) is 0 Å². The van der Waals surface area contributed by atoms with E-state index in [9.17, 15) is 4.79 Å². The minimum Gasteiger partial charge on any atom is -0.469 e. The van der Waals surface area contributed by atoms with Gasteiger partial charge in [-0.05, 0) is 23.7 Å². The number of unbranched alkanes of at least 4 members (excludes halogenated alkanes) is 1. The fourth-order valence-corrected chi connectivity index (χ4v) is 1.31. The molecule has 0 saturated heterocycles. The summed E-state index contributed by atoms with van der Waals surface area (Å²) in [6.45, 7) is 11.4. The van der Waals surface area contributed by atoms with E-state index in [0.29, 0.717) is 17.3 Å². The van der Waals surface area contributed by atoms with Crippen LogP contribution in [0.1, 0.15) is 60.3 Å². The van der Waals surface area contributed by atoms with Crippen LogP contribution in [-0.4, -0.2) is 13.1 Å². The van der Waals surface area contributed by atoms with Gasteiger partial charge in [-0.2, -0.15) is 0 Å². The lowest BCUT2D eigenvalue weighted by atomic mass is 9.67. The predicted octanol–water partition coefficient (Wildman–Crippen LogP) is 3.79. The van der Waals surface area contributed by atoms with E-state index in [0.717, 1.165) is 19.3 Å². The second kappa shape index (κ2) is 5.53. The maximum absolute atomic E-state index is 10.9. The molecule has 0 aromatic rings. The molecule has 0 radical (unpaired) electrons. The van der Waals surface area contributed by atoms with Gasteiger partial charge in [0.15, 0.2) is 0 Å². The van der Waals surface area contributed by atoms with Gasteiger partial charge in [0.05, 0.1) is 7.11 Å². The summed E-state index contributed by atoms with van der Waals surface area (Å²) < 4.78 is 4.61. The Kier molecular flexibility index (Phi) is 5.33. The number of rotatable bonds is 5. The van der Waals surface area contributed by atoms with E-state index in [2.05, 4.69) is 39.4 Å². The Morgan fingerprint density at radius 2 is 1.60 bits per heavy atom. The van der Waals surface area contributed by atoms with Gasteiger partial charge in [0.2, 0.25) is 0 Å². The van der Waals surface area contributed by atoms with E-state index in [-0.39, 0.29) is 5.97 Å². The highest BCUT2D eigenvalue weighted by Crippen LogP contribution is 2.41. The van der Waals surface area contributed by atoms with Crippen molar-refractivity contribution in [2.45, 2.75) is 60.3 Å². The summed E-state index contributed by atoms with van der Waals surface area (Å²) in [6, 6.07) is 0. The Morgan fingerprint density at radius 3 is 2.00 bits per heavy atom. The van der Waals surface area contributed by atoms with Gasteiger partial charge in [-0.25, -0.2) is 0 Å². The predicted molar refractivity (Wildman–Crippen MR) is 63.7 cm³/mol. The van der Waals surface area contributed by atoms with Crippen molar-refractivity contribution in [2.24, 2.45) is 10.8 Å². The third-order valence-corrected chi connectivity index (χ3v) is 3.69. The van der Waals surface area contributed by atoms with Crippen molar-refractivity contribution < 1.29 is 9.53 Å². The maximum Gasteiger partial charge on any atom is 0.305 e. The molecule has 0 aromatic carbocycles. The number of hydrogen-bond acceptors (Lipinski definition) is 2. The summed E-state index contributed by atoms with van der Waals surface area (Å²) in [5.41, 5.74) is 0.640. The van der Waals surface area contributed by atoms with E-state index in [1.54, 1.807) is 0 Å². The lowest BCUT2D eigenvalue weighted by Gasteiger charge is -2.39. The molecule has 0 aliphatic carbocycles. The molecule has 2 nitrogen and oxygen atoms in total. The van der Waals surface area contributed by atoms with E-state index in [1.807, 2.05) is 0 Å². The normalized spacial score (nSPS) is 12.7. The first-order chi connectivity index (χ1) is 6.70. The van der Waals surface area contributed by atoms with Gasteiger partial charge < -0.3 is 4.74 Å². The van der Waals surface area contributed by atoms with E-state index >= 15 is 0 Å². The van der Waals surface area contributed by atoms with Gasteiger partial charge in [0, 0.05) is 6.42 Å². The number of hydrogen-bond donors (Lipinski definition) is 0. The molecule has 0 bridgehead atoms. The molecule has 0 N–H and O–H groups in total. The smallest absolute Gasteiger partial charge is 0.305 e. The van der Waals surface area contributed by atoms with Gasteiger partial charge >= 0.3 is 5.97 Å².